The van der Waals surface area contributed by atoms with Crippen LogP contribution in [0, 0.1) is 30.0 Å². The van der Waals surface area contributed by atoms with Crippen molar-refractivity contribution in [3.63, 3.8) is 0 Å². The Kier molecular flexibility index (Phi) is 8.22. The van der Waals surface area contributed by atoms with Crippen molar-refractivity contribution in [3.05, 3.63) is 82.9 Å². The fourth-order valence-corrected chi connectivity index (χ4v) is 6.87. The maximum atomic E-state index is 13.7. The molecule has 8 nitrogen and oxygen atoms in total. The summed E-state index contributed by atoms with van der Waals surface area (Å²) < 4.78 is 20.6. The molecule has 1 amide bonds. The van der Waals surface area contributed by atoms with Gasteiger partial charge in [0.1, 0.15) is 6.07 Å². The number of carbonyl (C=O) groups is 1. The summed E-state index contributed by atoms with van der Waals surface area (Å²) >= 11 is 0. The van der Waals surface area contributed by atoms with E-state index in [9.17, 15) is 14.3 Å². The third-order valence-electron chi connectivity index (χ3n) is 8.21. The number of amides is 1. The van der Waals surface area contributed by atoms with E-state index in [0.717, 1.165) is 59.7 Å². The predicted octanol–water partition coefficient (Wildman–Crippen LogP) is 5.25. The van der Waals surface area contributed by atoms with Crippen molar-refractivity contribution in [2.45, 2.75) is 37.6 Å². The molecular weight excluding hydrogens is 532 g/mol. The van der Waals surface area contributed by atoms with Crippen LogP contribution in [0.25, 0.3) is 0 Å². The minimum Gasteiger partial charge on any atom is -0.382 e. The Hall–Kier alpha value is -4.03. The van der Waals surface area contributed by atoms with E-state index in [0.29, 0.717) is 42.7 Å². The van der Waals surface area contributed by atoms with Crippen LogP contribution in [0.2, 0.25) is 0 Å². The molecule has 0 saturated carbocycles. The van der Waals surface area contributed by atoms with Gasteiger partial charge in [-0.15, -0.1) is 0 Å². The molecule has 3 aromatic rings. The number of anilines is 3. The summed E-state index contributed by atoms with van der Waals surface area (Å²) in [5, 5.41) is 13.2. The molecule has 2 saturated heterocycles. The van der Waals surface area contributed by atoms with Crippen LogP contribution in [0.1, 0.15) is 39.9 Å². The number of nitrogens with zero attached hydrogens (tertiary/aromatic N) is 4. The van der Waals surface area contributed by atoms with Crippen molar-refractivity contribution >= 4 is 32.7 Å². The lowest BCUT2D eigenvalue weighted by atomic mass is 9.99. The van der Waals surface area contributed by atoms with Crippen molar-refractivity contribution < 1.29 is 9.00 Å². The molecule has 2 aliphatic rings. The molecule has 214 valence electrons. The highest BCUT2D eigenvalue weighted by Crippen LogP contribution is 2.29. The minimum atomic E-state index is -2.85. The van der Waals surface area contributed by atoms with Gasteiger partial charge in [-0.3, -0.25) is 4.79 Å². The third kappa shape index (κ3) is 6.18. The topological polar surface area (TPSA) is 104 Å². The number of nitrogens with one attached hydrogen (secondary N) is 2. The van der Waals surface area contributed by atoms with Crippen molar-refractivity contribution in [1.29, 1.82) is 10.0 Å². The SMILES string of the molecule is Cc1cc(C)c(C(=O)N2CCN(c3ccccc3S(C)(=N)=O)CC2)cc1NC1CCN(c2ccccc2C#N)CC1. The lowest BCUT2D eigenvalue weighted by molar-refractivity contribution is 0.0746. The molecule has 2 fully saturated rings. The van der Waals surface area contributed by atoms with Crippen LogP contribution in [0.15, 0.2) is 65.6 Å². The summed E-state index contributed by atoms with van der Waals surface area (Å²) in [5.74, 6) is 0.0289. The Bertz CT molecular complexity index is 1580. The summed E-state index contributed by atoms with van der Waals surface area (Å²) in [6, 6.07) is 21.9. The minimum absolute atomic E-state index is 0.0289. The molecule has 5 rings (SSSR count). The van der Waals surface area contributed by atoms with Gasteiger partial charge < -0.3 is 20.0 Å². The first-order valence-corrected chi connectivity index (χ1v) is 16.1. The van der Waals surface area contributed by atoms with Gasteiger partial charge in [0.05, 0.1) is 31.6 Å². The van der Waals surface area contributed by atoms with Gasteiger partial charge in [0.2, 0.25) is 0 Å². The van der Waals surface area contributed by atoms with E-state index in [1.165, 1.54) is 6.26 Å². The zero-order valence-corrected chi connectivity index (χ0v) is 24.8. The Labute approximate surface area is 243 Å². The Morgan fingerprint density at radius 2 is 1.51 bits per heavy atom. The zero-order valence-electron chi connectivity index (χ0n) is 24.0. The van der Waals surface area contributed by atoms with Crippen LogP contribution in [0.4, 0.5) is 17.1 Å². The number of carbonyl (C=O) groups excluding carboxylic acids is 1. The number of rotatable bonds is 6. The van der Waals surface area contributed by atoms with Gasteiger partial charge in [-0.1, -0.05) is 30.3 Å². The third-order valence-corrected chi connectivity index (χ3v) is 9.40. The highest BCUT2D eigenvalue weighted by molar-refractivity contribution is 7.91. The molecule has 0 bridgehead atoms. The Morgan fingerprint density at radius 3 is 2.17 bits per heavy atom. The monoisotopic (exact) mass is 570 g/mol. The smallest absolute Gasteiger partial charge is 0.254 e. The Morgan fingerprint density at radius 1 is 0.902 bits per heavy atom. The van der Waals surface area contributed by atoms with Crippen LogP contribution in [0.5, 0.6) is 0 Å². The van der Waals surface area contributed by atoms with Crippen molar-refractivity contribution in [2.24, 2.45) is 0 Å². The second-order valence-corrected chi connectivity index (χ2v) is 13.2. The van der Waals surface area contributed by atoms with Gasteiger partial charge in [-0.05, 0) is 68.1 Å². The molecule has 41 heavy (non-hydrogen) atoms. The van der Waals surface area contributed by atoms with E-state index in [1.54, 1.807) is 6.07 Å². The van der Waals surface area contributed by atoms with Crippen LogP contribution >= 0.6 is 0 Å². The van der Waals surface area contributed by atoms with Crippen LogP contribution in [-0.4, -0.2) is 66.6 Å². The molecule has 0 aliphatic carbocycles. The second-order valence-electron chi connectivity index (χ2n) is 11.1. The maximum absolute atomic E-state index is 13.7. The molecule has 0 aromatic heterocycles. The second kappa shape index (κ2) is 11.8. The molecular formula is C32H38N6O2S. The molecule has 9 heteroatoms. The molecule has 0 spiro atoms. The average molecular weight is 571 g/mol. The van der Waals surface area contributed by atoms with Crippen LogP contribution in [-0.2, 0) is 9.73 Å². The summed E-state index contributed by atoms with van der Waals surface area (Å²) in [4.78, 5) is 20.5. The number of nitriles is 1. The van der Waals surface area contributed by atoms with Gasteiger partial charge in [0, 0.05) is 62.8 Å². The van der Waals surface area contributed by atoms with Crippen molar-refractivity contribution in [2.75, 3.05) is 60.6 Å². The van der Waals surface area contributed by atoms with E-state index in [1.807, 2.05) is 60.4 Å². The molecule has 1 unspecified atom stereocenters. The fourth-order valence-electron chi connectivity index (χ4n) is 5.94. The number of piperidine rings is 1. The first-order chi connectivity index (χ1) is 19.7. The summed E-state index contributed by atoms with van der Waals surface area (Å²) in [6.07, 6.45) is 3.35. The lowest BCUT2D eigenvalue weighted by Gasteiger charge is -2.37. The first kappa shape index (κ1) is 28.5. The highest BCUT2D eigenvalue weighted by Gasteiger charge is 2.27. The van der Waals surface area contributed by atoms with E-state index in [2.05, 4.69) is 34.2 Å². The van der Waals surface area contributed by atoms with Crippen molar-refractivity contribution in [3.8, 4) is 6.07 Å². The highest BCUT2D eigenvalue weighted by atomic mass is 32.2. The van der Waals surface area contributed by atoms with Gasteiger partial charge in [-0.25, -0.2) is 8.99 Å². The van der Waals surface area contributed by atoms with Crippen molar-refractivity contribution in [1.82, 2.24) is 4.90 Å². The number of para-hydroxylation sites is 2. The quantitative estimate of drug-likeness (QED) is 0.419. The lowest BCUT2D eigenvalue weighted by Crippen LogP contribution is -2.49. The summed E-state index contributed by atoms with van der Waals surface area (Å²) in [7, 11) is -2.85. The zero-order chi connectivity index (χ0) is 29.1. The number of hydrogen-bond acceptors (Lipinski definition) is 7. The first-order valence-electron chi connectivity index (χ1n) is 14.1. The normalized spacial score (nSPS) is 17.6. The van der Waals surface area contributed by atoms with Gasteiger partial charge >= 0.3 is 0 Å². The van der Waals surface area contributed by atoms with Gasteiger partial charge in [-0.2, -0.15) is 5.26 Å². The molecule has 2 N–H and O–H groups in total. The standard InChI is InChI=1S/C32H38N6O2S/c1-23-20-24(2)28(35-26-12-14-36(15-13-26)29-9-5-4-8-25(29)22-33)21-27(23)32(39)38-18-16-37(17-19-38)30-10-6-7-11-31(30)41(3,34)40/h4-11,20-21,26,34-35H,12-19H2,1-3H3. The van der Waals surface area contributed by atoms with Crippen LogP contribution < -0.4 is 15.1 Å². The van der Waals surface area contributed by atoms with E-state index >= 15 is 0 Å². The number of piperazine rings is 1. The fraction of sp³-hybridized carbons (Fsp3) is 0.375. The molecule has 2 aliphatic heterocycles. The van der Waals surface area contributed by atoms with Crippen LogP contribution in [0.3, 0.4) is 0 Å². The average Bonchev–Trinajstić information content (AvgIpc) is 2.98. The maximum Gasteiger partial charge on any atom is 0.254 e. The largest absolute Gasteiger partial charge is 0.382 e. The molecule has 2 heterocycles. The van der Waals surface area contributed by atoms with E-state index in [-0.39, 0.29) is 5.91 Å². The Balaban J connectivity index is 1.24. The molecule has 0 radical (unpaired) electrons. The molecule has 3 aromatic carbocycles. The van der Waals surface area contributed by atoms with Gasteiger partial charge in [0.15, 0.2) is 0 Å². The molecule has 1 atom stereocenters. The van der Waals surface area contributed by atoms with E-state index in [4.69, 9.17) is 4.78 Å². The van der Waals surface area contributed by atoms with Gasteiger partial charge in [0.25, 0.3) is 5.91 Å². The number of aryl methyl sites for hydroxylation is 2. The summed E-state index contributed by atoms with van der Waals surface area (Å²) in [6.45, 7) is 8.19. The predicted molar refractivity (Wildman–Crippen MR) is 166 cm³/mol. The number of benzene rings is 3. The summed E-state index contributed by atoms with van der Waals surface area (Å²) in [5.41, 5.74) is 6.33. The van der Waals surface area contributed by atoms with E-state index < -0.39 is 9.73 Å². The number of hydrogen-bond donors (Lipinski definition) is 2.